The van der Waals surface area contributed by atoms with Crippen LogP contribution in [0.2, 0.25) is 0 Å². The van der Waals surface area contributed by atoms with E-state index in [4.69, 9.17) is 0 Å². The molecule has 0 aromatic heterocycles. The normalized spacial score (nSPS) is 47.9. The van der Waals surface area contributed by atoms with E-state index in [1.165, 1.54) is 11.1 Å². The van der Waals surface area contributed by atoms with Crippen molar-refractivity contribution in [2.24, 2.45) is 17.3 Å². The average Bonchev–Trinajstić information content (AvgIpc) is 3.04. The zero-order chi connectivity index (χ0) is 20.8. The fourth-order valence-electron chi connectivity index (χ4n) is 7.39. The lowest BCUT2D eigenvalue weighted by Crippen LogP contribution is -2.63. The summed E-state index contributed by atoms with van der Waals surface area (Å²) >= 11 is 1.67. The SMILES string of the molecule is CC[C@]1(C(=O)C2CN3SC2[C@H]3C(=O)[N+]2(O)CCC[C@H]2C)C2CCc3ccccc3[C@H]21. The van der Waals surface area contributed by atoms with Crippen LogP contribution in [0.4, 0.5) is 0 Å². The van der Waals surface area contributed by atoms with Crippen molar-refractivity contribution in [2.45, 2.75) is 69.2 Å². The zero-order valence-corrected chi connectivity index (χ0v) is 18.6. The van der Waals surface area contributed by atoms with Crippen LogP contribution in [0.5, 0.6) is 0 Å². The summed E-state index contributed by atoms with van der Waals surface area (Å²) < 4.78 is 1.65. The number of Topliss-reactive ketones (excluding diaryl/α,β-unsaturated/α-hetero) is 1. The van der Waals surface area contributed by atoms with Gasteiger partial charge in [0, 0.05) is 36.6 Å². The van der Waals surface area contributed by atoms with E-state index in [-0.39, 0.29) is 34.6 Å². The Kier molecular flexibility index (Phi) is 4.16. The first-order chi connectivity index (χ1) is 14.4. The quantitative estimate of drug-likeness (QED) is 0.452. The van der Waals surface area contributed by atoms with Gasteiger partial charge >= 0.3 is 5.91 Å². The Bertz CT molecular complexity index is 937. The largest absolute Gasteiger partial charge is 0.365 e. The lowest BCUT2D eigenvalue weighted by Gasteiger charge is -2.40. The predicted molar refractivity (Wildman–Crippen MR) is 115 cm³/mol. The van der Waals surface area contributed by atoms with E-state index in [0.29, 0.717) is 30.7 Å². The number of likely N-dealkylation sites (tertiary alicyclic amines) is 1. The Hall–Kier alpha value is -1.21. The lowest BCUT2D eigenvalue weighted by atomic mass is 9.82. The molecule has 5 fully saturated rings. The summed E-state index contributed by atoms with van der Waals surface area (Å²) in [5.41, 5.74) is 2.57. The highest BCUT2D eigenvalue weighted by molar-refractivity contribution is 7.99. The van der Waals surface area contributed by atoms with E-state index in [0.717, 1.165) is 32.1 Å². The first-order valence-electron chi connectivity index (χ1n) is 11.6. The van der Waals surface area contributed by atoms with E-state index >= 15 is 0 Å². The number of benzene rings is 1. The molecule has 2 aliphatic carbocycles. The molecule has 5 unspecified atom stereocenters. The van der Waals surface area contributed by atoms with Crippen LogP contribution in [-0.2, 0) is 16.0 Å². The monoisotopic (exact) mass is 427 g/mol. The molecule has 0 radical (unpaired) electrons. The number of hydroxylamine groups is 3. The van der Waals surface area contributed by atoms with Crippen LogP contribution >= 0.6 is 11.9 Å². The summed E-state index contributed by atoms with van der Waals surface area (Å²) in [7, 11) is 0. The van der Waals surface area contributed by atoms with E-state index in [2.05, 4.69) is 35.5 Å². The topological polar surface area (TPSA) is 57.6 Å². The fraction of sp³-hybridized carbons (Fsp3) is 0.667. The summed E-state index contributed by atoms with van der Waals surface area (Å²) in [6, 6.07) is 8.33. The molecule has 1 amide bonds. The van der Waals surface area contributed by atoms with Crippen LogP contribution in [0.3, 0.4) is 0 Å². The number of rotatable bonds is 4. The number of ketones is 1. The van der Waals surface area contributed by atoms with Gasteiger partial charge in [0.15, 0.2) is 6.04 Å². The van der Waals surface area contributed by atoms with Crippen molar-refractivity contribution in [3.63, 3.8) is 0 Å². The van der Waals surface area contributed by atoms with Gasteiger partial charge in [-0.25, -0.2) is 14.3 Å². The number of aryl methyl sites for hydroxylation is 1. The fourth-order valence-corrected chi connectivity index (χ4v) is 8.85. The number of carbonyl (C=O) groups is 2. The maximum Gasteiger partial charge on any atom is 0.365 e. The van der Waals surface area contributed by atoms with Crippen molar-refractivity contribution < 1.29 is 19.4 Å². The summed E-state index contributed by atoms with van der Waals surface area (Å²) in [4.78, 5) is 27.3. The Morgan fingerprint density at radius 3 is 2.83 bits per heavy atom. The van der Waals surface area contributed by atoms with Crippen molar-refractivity contribution in [2.75, 3.05) is 13.1 Å². The third-order valence-electron chi connectivity index (χ3n) is 9.14. The van der Waals surface area contributed by atoms with E-state index < -0.39 is 4.65 Å². The molecule has 6 heteroatoms. The van der Waals surface area contributed by atoms with E-state index in [9.17, 15) is 14.8 Å². The van der Waals surface area contributed by atoms with Gasteiger partial charge in [0.1, 0.15) is 18.4 Å². The highest BCUT2D eigenvalue weighted by atomic mass is 32.2. The van der Waals surface area contributed by atoms with Gasteiger partial charge in [-0.15, -0.1) is 4.65 Å². The molecule has 1 aromatic rings. The van der Waals surface area contributed by atoms with Crippen LogP contribution in [0.1, 0.15) is 56.6 Å². The maximum atomic E-state index is 14.0. The van der Waals surface area contributed by atoms with Crippen LogP contribution in [0, 0.1) is 17.3 Å². The third-order valence-corrected chi connectivity index (χ3v) is 10.6. The van der Waals surface area contributed by atoms with Gasteiger partial charge < -0.3 is 0 Å². The van der Waals surface area contributed by atoms with Crippen LogP contribution in [-0.4, -0.2) is 56.3 Å². The van der Waals surface area contributed by atoms with Gasteiger partial charge in [0.25, 0.3) is 0 Å². The van der Waals surface area contributed by atoms with E-state index in [1.807, 2.05) is 6.92 Å². The molecule has 160 valence electrons. The number of fused-ring (bicyclic) bond motifs is 4. The zero-order valence-electron chi connectivity index (χ0n) is 17.8. The van der Waals surface area contributed by atoms with Crippen LogP contribution < -0.4 is 0 Å². The molecule has 2 bridgehead atoms. The molecular weight excluding hydrogens is 396 g/mol. The molecule has 6 aliphatic rings. The molecule has 9 atom stereocenters. The molecule has 1 aromatic carbocycles. The first kappa shape index (κ1) is 19.5. The highest BCUT2D eigenvalue weighted by Crippen LogP contribution is 2.73. The number of amides is 1. The summed E-state index contributed by atoms with van der Waals surface area (Å²) in [6.45, 7) is 5.32. The van der Waals surface area contributed by atoms with Gasteiger partial charge in [-0.3, -0.25) is 4.79 Å². The number of quaternary nitrogens is 1. The molecule has 4 heterocycles. The Morgan fingerprint density at radius 1 is 1.30 bits per heavy atom. The highest BCUT2D eigenvalue weighted by Gasteiger charge is 2.73. The van der Waals surface area contributed by atoms with Crippen LogP contribution in [0.15, 0.2) is 24.3 Å². The smallest absolute Gasteiger partial charge is 0.299 e. The summed E-state index contributed by atoms with van der Waals surface area (Å²) in [6.07, 6.45) is 4.84. The average molecular weight is 428 g/mol. The molecule has 4 saturated heterocycles. The molecule has 4 aliphatic heterocycles. The van der Waals surface area contributed by atoms with Crippen molar-refractivity contribution in [3.05, 3.63) is 35.4 Å². The number of carbonyl (C=O) groups excluding carboxylic acids is 2. The first-order valence-corrected chi connectivity index (χ1v) is 12.5. The molecule has 30 heavy (non-hydrogen) atoms. The second kappa shape index (κ2) is 6.41. The standard InChI is InChI=1S/C24H31N2O3S/c1-3-24(18-11-10-15-8-4-5-9-16(15)19(18)24)22(27)17-13-25-20(21(17)30-25)23(28)26(29)12-6-7-14(26)2/h4-5,8-9,14,17-21,29H,3,6-7,10-13H2,1-2H3/q+1/t14-,17?,18?,19-,20+,21?,24+,26?/m1/s1. The van der Waals surface area contributed by atoms with Gasteiger partial charge in [0.2, 0.25) is 0 Å². The summed E-state index contributed by atoms with van der Waals surface area (Å²) in [5.74, 6) is 1.06. The van der Waals surface area contributed by atoms with Gasteiger partial charge in [-0.1, -0.05) is 43.1 Å². The van der Waals surface area contributed by atoms with Crippen molar-refractivity contribution in [1.29, 1.82) is 0 Å². The molecule has 1 N–H and O–H groups in total. The minimum atomic E-state index is -0.434. The second-order valence-electron chi connectivity index (χ2n) is 10.2. The predicted octanol–water partition coefficient (Wildman–Crippen LogP) is 3.56. The molecular formula is C24H31N2O3S+. The second-order valence-corrected chi connectivity index (χ2v) is 11.4. The van der Waals surface area contributed by atoms with E-state index in [1.54, 1.807) is 11.9 Å². The number of hydrogen-bond donors (Lipinski definition) is 1. The summed E-state index contributed by atoms with van der Waals surface area (Å²) in [5, 5.41) is 11.0. The van der Waals surface area contributed by atoms with Crippen molar-refractivity contribution in [3.8, 4) is 0 Å². The maximum absolute atomic E-state index is 14.0. The van der Waals surface area contributed by atoms with Gasteiger partial charge in [-0.05, 0) is 43.2 Å². The molecule has 7 rings (SSSR count). The van der Waals surface area contributed by atoms with Crippen molar-refractivity contribution in [1.82, 2.24) is 4.31 Å². The number of nitrogens with zero attached hydrogens (tertiary/aromatic N) is 2. The lowest BCUT2D eigenvalue weighted by molar-refractivity contribution is -1.05. The molecule has 1 saturated carbocycles. The van der Waals surface area contributed by atoms with Gasteiger partial charge in [0.05, 0.1) is 5.25 Å². The van der Waals surface area contributed by atoms with Crippen molar-refractivity contribution >= 4 is 23.6 Å². The molecule has 5 nitrogen and oxygen atoms in total. The minimum absolute atomic E-state index is 0.0151. The van der Waals surface area contributed by atoms with Crippen LogP contribution in [0.25, 0.3) is 0 Å². The Morgan fingerprint density at radius 2 is 2.10 bits per heavy atom. The molecule has 0 spiro atoms. The Labute approximate surface area is 182 Å². The third kappa shape index (κ3) is 2.26. The number of hydrogen-bond acceptors (Lipinski definition) is 5. The minimum Gasteiger partial charge on any atom is -0.299 e. The van der Waals surface area contributed by atoms with Gasteiger partial charge in [-0.2, -0.15) is 0 Å². The Balaban J connectivity index is 1.26.